The van der Waals surface area contributed by atoms with Crippen LogP contribution in [-0.4, -0.2) is 4.98 Å². The minimum atomic E-state index is 0.377. The summed E-state index contributed by atoms with van der Waals surface area (Å²) in [5.74, 6) is 1.77. The fourth-order valence-corrected chi connectivity index (χ4v) is 2.15. The van der Waals surface area contributed by atoms with Gasteiger partial charge in [-0.2, -0.15) is 0 Å². The van der Waals surface area contributed by atoms with Crippen LogP contribution in [0, 0.1) is 6.92 Å². The van der Waals surface area contributed by atoms with Crippen LogP contribution in [-0.2, 0) is 0 Å². The third kappa shape index (κ3) is 3.26. The number of ether oxygens (including phenoxy) is 1. The van der Waals surface area contributed by atoms with E-state index in [2.05, 4.69) is 40.8 Å². The lowest BCUT2D eigenvalue weighted by Gasteiger charge is -2.14. The molecule has 2 rings (SSSR count). The van der Waals surface area contributed by atoms with Crippen molar-refractivity contribution in [2.45, 2.75) is 26.7 Å². The fourth-order valence-electron chi connectivity index (χ4n) is 1.77. The van der Waals surface area contributed by atoms with Gasteiger partial charge in [-0.05, 0) is 42.2 Å². The third-order valence-electron chi connectivity index (χ3n) is 2.93. The molecule has 0 aliphatic carbocycles. The lowest BCUT2D eigenvalue weighted by Crippen LogP contribution is -1.97. The molecule has 0 aliphatic heterocycles. The zero-order valence-corrected chi connectivity index (χ0v) is 12.9. The summed E-state index contributed by atoms with van der Waals surface area (Å²) in [4.78, 5) is 4.20. The Balaban J connectivity index is 2.35. The molecular weight excluding hydrogens is 304 g/mol. The van der Waals surface area contributed by atoms with Crippen molar-refractivity contribution >= 4 is 21.6 Å². The molecule has 0 saturated heterocycles. The van der Waals surface area contributed by atoms with Crippen molar-refractivity contribution in [1.82, 2.24) is 4.98 Å². The van der Waals surface area contributed by atoms with Crippen LogP contribution in [0.2, 0.25) is 0 Å². The Morgan fingerprint density at radius 1 is 1.26 bits per heavy atom. The summed E-state index contributed by atoms with van der Waals surface area (Å²) in [7, 11) is 0. The average Bonchev–Trinajstić information content (AvgIpc) is 2.36. The van der Waals surface area contributed by atoms with Crippen molar-refractivity contribution in [3.63, 3.8) is 0 Å². The van der Waals surface area contributed by atoms with Gasteiger partial charge < -0.3 is 10.5 Å². The fraction of sp³-hybridized carbons (Fsp3) is 0.267. The Labute approximate surface area is 121 Å². The number of hydrogen-bond acceptors (Lipinski definition) is 3. The summed E-state index contributed by atoms with van der Waals surface area (Å²) in [6, 6.07) is 7.84. The van der Waals surface area contributed by atoms with Crippen LogP contribution in [0.3, 0.4) is 0 Å². The zero-order valence-electron chi connectivity index (χ0n) is 11.3. The maximum absolute atomic E-state index is 5.87. The van der Waals surface area contributed by atoms with Gasteiger partial charge in [0.2, 0.25) is 5.88 Å². The Hall–Kier alpha value is -1.55. The molecular formula is C15H17BrN2O. The molecule has 0 bridgehead atoms. The van der Waals surface area contributed by atoms with Crippen molar-refractivity contribution in [2.75, 3.05) is 5.73 Å². The quantitative estimate of drug-likeness (QED) is 0.895. The Morgan fingerprint density at radius 2 is 2.00 bits per heavy atom. The highest BCUT2D eigenvalue weighted by Gasteiger charge is 2.10. The third-order valence-corrected chi connectivity index (χ3v) is 3.43. The minimum Gasteiger partial charge on any atom is -0.439 e. The smallest absolute Gasteiger partial charge is 0.219 e. The first kappa shape index (κ1) is 13.9. The molecule has 3 nitrogen and oxygen atoms in total. The maximum Gasteiger partial charge on any atom is 0.219 e. The normalized spacial score (nSPS) is 10.8. The molecule has 1 heterocycles. The Kier molecular flexibility index (Phi) is 4.10. The van der Waals surface area contributed by atoms with Gasteiger partial charge >= 0.3 is 0 Å². The second-order valence-corrected chi connectivity index (χ2v) is 5.73. The lowest BCUT2D eigenvalue weighted by atomic mass is 10.0. The van der Waals surface area contributed by atoms with Gasteiger partial charge in [-0.1, -0.05) is 29.8 Å². The highest BCUT2D eigenvalue weighted by Crippen LogP contribution is 2.32. The number of halogens is 1. The van der Waals surface area contributed by atoms with Crippen LogP contribution < -0.4 is 10.5 Å². The van der Waals surface area contributed by atoms with Crippen molar-refractivity contribution < 1.29 is 4.74 Å². The van der Waals surface area contributed by atoms with E-state index >= 15 is 0 Å². The highest BCUT2D eigenvalue weighted by atomic mass is 79.9. The van der Waals surface area contributed by atoms with Crippen LogP contribution in [0.25, 0.3) is 0 Å². The minimum absolute atomic E-state index is 0.377. The molecule has 0 amide bonds. The monoisotopic (exact) mass is 320 g/mol. The Bertz CT molecular complexity index is 597. The molecule has 0 saturated carbocycles. The van der Waals surface area contributed by atoms with Crippen molar-refractivity contribution in [3.05, 3.63) is 46.1 Å². The van der Waals surface area contributed by atoms with Gasteiger partial charge in [-0.25, -0.2) is 4.98 Å². The number of nitrogens with zero attached hydrogens (tertiary/aromatic N) is 1. The standard InChI is InChI=1S/C15H17BrN2O/c1-9(2)12-7-11(16)4-5-14(12)19-15-6-10(3)13(17)8-18-15/h4-9H,17H2,1-3H3. The molecule has 2 N–H and O–H groups in total. The van der Waals surface area contributed by atoms with Crippen molar-refractivity contribution in [2.24, 2.45) is 0 Å². The van der Waals surface area contributed by atoms with E-state index in [0.29, 0.717) is 17.5 Å². The first-order valence-corrected chi connectivity index (χ1v) is 6.96. The van der Waals surface area contributed by atoms with Gasteiger partial charge in [0.25, 0.3) is 0 Å². The van der Waals surface area contributed by atoms with Crippen LogP contribution in [0.15, 0.2) is 34.9 Å². The number of aryl methyl sites for hydroxylation is 1. The first-order chi connectivity index (χ1) is 8.97. The molecule has 0 unspecified atom stereocenters. The summed E-state index contributed by atoms with van der Waals surface area (Å²) in [5.41, 5.74) is 8.54. The van der Waals surface area contributed by atoms with Crippen LogP contribution >= 0.6 is 15.9 Å². The van der Waals surface area contributed by atoms with E-state index in [-0.39, 0.29) is 0 Å². The van der Waals surface area contributed by atoms with Crippen LogP contribution in [0.1, 0.15) is 30.9 Å². The number of nitrogen functional groups attached to an aromatic ring is 1. The Morgan fingerprint density at radius 3 is 2.63 bits per heavy atom. The number of rotatable bonds is 3. The number of aromatic nitrogens is 1. The van der Waals surface area contributed by atoms with Gasteiger partial charge in [0.05, 0.1) is 11.9 Å². The van der Waals surface area contributed by atoms with E-state index in [0.717, 1.165) is 21.3 Å². The summed E-state index contributed by atoms with van der Waals surface area (Å²) in [6.07, 6.45) is 1.62. The summed E-state index contributed by atoms with van der Waals surface area (Å²) >= 11 is 3.48. The van der Waals surface area contributed by atoms with Gasteiger partial charge in [-0.15, -0.1) is 0 Å². The molecule has 0 aliphatic rings. The predicted molar refractivity (Wildman–Crippen MR) is 81.7 cm³/mol. The van der Waals surface area contributed by atoms with Gasteiger partial charge in [-0.3, -0.25) is 0 Å². The summed E-state index contributed by atoms with van der Waals surface area (Å²) < 4.78 is 6.92. The first-order valence-electron chi connectivity index (χ1n) is 6.17. The molecule has 100 valence electrons. The largest absolute Gasteiger partial charge is 0.439 e. The van der Waals surface area contributed by atoms with E-state index in [1.54, 1.807) is 6.20 Å². The summed E-state index contributed by atoms with van der Waals surface area (Å²) in [6.45, 7) is 6.21. The zero-order chi connectivity index (χ0) is 14.0. The second kappa shape index (κ2) is 5.61. The lowest BCUT2D eigenvalue weighted by molar-refractivity contribution is 0.454. The molecule has 0 radical (unpaired) electrons. The molecule has 4 heteroatoms. The van der Waals surface area contributed by atoms with E-state index < -0.39 is 0 Å². The maximum atomic E-state index is 5.87. The van der Waals surface area contributed by atoms with E-state index in [1.165, 1.54) is 0 Å². The number of hydrogen-bond donors (Lipinski definition) is 1. The molecule has 2 aromatic rings. The number of nitrogens with two attached hydrogens (primary N) is 1. The van der Waals surface area contributed by atoms with E-state index in [9.17, 15) is 0 Å². The van der Waals surface area contributed by atoms with Crippen molar-refractivity contribution in [1.29, 1.82) is 0 Å². The SMILES string of the molecule is Cc1cc(Oc2ccc(Br)cc2C(C)C)ncc1N. The van der Waals surface area contributed by atoms with Crippen molar-refractivity contribution in [3.8, 4) is 11.6 Å². The molecule has 1 aromatic heterocycles. The summed E-state index contributed by atoms with van der Waals surface area (Å²) in [5, 5.41) is 0. The molecule has 0 fully saturated rings. The van der Waals surface area contributed by atoms with Crippen LogP contribution in [0.5, 0.6) is 11.6 Å². The topological polar surface area (TPSA) is 48.1 Å². The van der Waals surface area contributed by atoms with Crippen LogP contribution in [0.4, 0.5) is 5.69 Å². The van der Waals surface area contributed by atoms with E-state index in [4.69, 9.17) is 10.5 Å². The second-order valence-electron chi connectivity index (χ2n) is 4.82. The highest BCUT2D eigenvalue weighted by molar-refractivity contribution is 9.10. The molecule has 0 spiro atoms. The van der Waals surface area contributed by atoms with Gasteiger partial charge in [0, 0.05) is 10.5 Å². The van der Waals surface area contributed by atoms with Gasteiger partial charge in [0.1, 0.15) is 5.75 Å². The molecule has 19 heavy (non-hydrogen) atoms. The van der Waals surface area contributed by atoms with E-state index in [1.807, 2.05) is 25.1 Å². The number of anilines is 1. The average molecular weight is 321 g/mol. The molecule has 0 atom stereocenters. The molecule has 1 aromatic carbocycles. The number of benzene rings is 1. The predicted octanol–water partition coefficient (Wildman–Crippen LogP) is 4.65. The van der Waals surface area contributed by atoms with Gasteiger partial charge in [0.15, 0.2) is 0 Å². The number of pyridine rings is 1.